The van der Waals surface area contributed by atoms with Crippen LogP contribution in [0.5, 0.6) is 0 Å². The van der Waals surface area contributed by atoms with E-state index in [1.54, 1.807) is 0 Å². The highest BCUT2D eigenvalue weighted by Gasteiger charge is 2.10. The third-order valence-electron chi connectivity index (χ3n) is 3.01. The Kier molecular flexibility index (Phi) is 4.65. The van der Waals surface area contributed by atoms with Gasteiger partial charge in [0.25, 0.3) is 0 Å². The fourth-order valence-electron chi connectivity index (χ4n) is 1.89. The molecule has 0 atom stereocenters. The molecule has 0 spiro atoms. The van der Waals surface area contributed by atoms with Crippen LogP contribution in [0.15, 0.2) is 28.8 Å². The Bertz CT molecular complexity index is 525. The molecule has 0 aliphatic rings. The number of benzene rings is 1. The Morgan fingerprint density at radius 3 is 2.84 bits per heavy atom. The minimum atomic E-state index is 0.126. The lowest BCUT2D eigenvalue weighted by atomic mass is 10.1. The van der Waals surface area contributed by atoms with Crippen LogP contribution in [0.2, 0.25) is 0 Å². The van der Waals surface area contributed by atoms with E-state index in [4.69, 9.17) is 9.63 Å². The molecule has 5 nitrogen and oxygen atoms in total. The quantitative estimate of drug-likeness (QED) is 0.851. The molecule has 0 amide bonds. The molecular formula is C14H19N3O2. The van der Waals surface area contributed by atoms with Gasteiger partial charge in [0.15, 0.2) is 5.82 Å². The molecule has 0 aliphatic heterocycles. The van der Waals surface area contributed by atoms with Crippen LogP contribution in [0.1, 0.15) is 22.8 Å². The topological polar surface area (TPSA) is 62.4 Å². The molecule has 1 aromatic heterocycles. The molecule has 0 unspecified atom stereocenters. The minimum Gasteiger partial charge on any atom is -0.395 e. The maximum atomic E-state index is 8.84. The summed E-state index contributed by atoms with van der Waals surface area (Å²) in [6, 6.07) is 8.18. The first-order chi connectivity index (χ1) is 9.19. The second-order valence-electron chi connectivity index (χ2n) is 4.67. The molecule has 2 aromatic rings. The molecule has 1 N–H and O–H groups in total. The second-order valence-corrected chi connectivity index (χ2v) is 4.67. The SMILES string of the molecule is Cc1ccccc1Cc1noc(CN(C)CCO)n1. The molecule has 1 aromatic carbocycles. The van der Waals surface area contributed by atoms with E-state index in [9.17, 15) is 0 Å². The van der Waals surface area contributed by atoms with Gasteiger partial charge in [-0.3, -0.25) is 4.90 Å². The van der Waals surface area contributed by atoms with Gasteiger partial charge in [-0.05, 0) is 25.1 Å². The van der Waals surface area contributed by atoms with E-state index in [1.165, 1.54) is 11.1 Å². The third kappa shape index (κ3) is 3.87. The van der Waals surface area contributed by atoms with Crippen molar-refractivity contribution in [2.75, 3.05) is 20.2 Å². The van der Waals surface area contributed by atoms with Gasteiger partial charge in [-0.25, -0.2) is 0 Å². The number of aromatic nitrogens is 2. The van der Waals surface area contributed by atoms with Crippen LogP contribution in [0.4, 0.5) is 0 Å². The van der Waals surface area contributed by atoms with Crippen LogP contribution in [0.3, 0.4) is 0 Å². The van der Waals surface area contributed by atoms with Gasteiger partial charge in [0, 0.05) is 13.0 Å². The largest absolute Gasteiger partial charge is 0.395 e. The van der Waals surface area contributed by atoms with E-state index in [0.29, 0.717) is 31.2 Å². The van der Waals surface area contributed by atoms with Gasteiger partial charge in [0.1, 0.15) is 0 Å². The summed E-state index contributed by atoms with van der Waals surface area (Å²) < 4.78 is 5.21. The van der Waals surface area contributed by atoms with Gasteiger partial charge in [-0.15, -0.1) is 0 Å². The van der Waals surface area contributed by atoms with E-state index >= 15 is 0 Å². The predicted octanol–water partition coefficient (Wildman–Crippen LogP) is 1.39. The van der Waals surface area contributed by atoms with Gasteiger partial charge in [-0.1, -0.05) is 29.4 Å². The number of aliphatic hydroxyl groups is 1. The Morgan fingerprint density at radius 1 is 1.32 bits per heavy atom. The number of likely N-dealkylation sites (N-methyl/N-ethyl adjacent to an activating group) is 1. The van der Waals surface area contributed by atoms with Crippen LogP contribution in [0.25, 0.3) is 0 Å². The van der Waals surface area contributed by atoms with Gasteiger partial charge < -0.3 is 9.63 Å². The van der Waals surface area contributed by atoms with E-state index in [-0.39, 0.29) is 6.61 Å². The minimum absolute atomic E-state index is 0.126. The molecule has 2 rings (SSSR count). The fourth-order valence-corrected chi connectivity index (χ4v) is 1.89. The fraction of sp³-hybridized carbons (Fsp3) is 0.429. The first-order valence-corrected chi connectivity index (χ1v) is 6.34. The molecule has 1 heterocycles. The van der Waals surface area contributed by atoms with E-state index < -0.39 is 0 Å². The van der Waals surface area contributed by atoms with Crippen molar-refractivity contribution >= 4 is 0 Å². The van der Waals surface area contributed by atoms with Crippen molar-refractivity contribution in [1.82, 2.24) is 15.0 Å². The predicted molar refractivity (Wildman–Crippen MR) is 71.7 cm³/mol. The lowest BCUT2D eigenvalue weighted by Crippen LogP contribution is -2.21. The van der Waals surface area contributed by atoms with Gasteiger partial charge in [0.2, 0.25) is 5.89 Å². The second kappa shape index (κ2) is 6.45. The summed E-state index contributed by atoms with van der Waals surface area (Å²) in [6.07, 6.45) is 0.680. The summed E-state index contributed by atoms with van der Waals surface area (Å²) >= 11 is 0. The van der Waals surface area contributed by atoms with Crippen LogP contribution < -0.4 is 0 Å². The van der Waals surface area contributed by atoms with E-state index in [1.807, 2.05) is 24.1 Å². The first kappa shape index (κ1) is 13.7. The van der Waals surface area contributed by atoms with Crippen molar-refractivity contribution in [3.8, 4) is 0 Å². The summed E-state index contributed by atoms with van der Waals surface area (Å²) in [5.41, 5.74) is 2.44. The maximum Gasteiger partial charge on any atom is 0.240 e. The normalized spacial score (nSPS) is 11.2. The van der Waals surface area contributed by atoms with Crippen LogP contribution in [0, 0.1) is 6.92 Å². The number of aryl methyl sites for hydroxylation is 1. The Hall–Kier alpha value is -1.72. The smallest absolute Gasteiger partial charge is 0.240 e. The standard InChI is InChI=1S/C14H19N3O2/c1-11-5-3-4-6-12(11)9-13-15-14(19-16-13)10-17(2)7-8-18/h3-6,18H,7-10H2,1-2H3. The highest BCUT2D eigenvalue weighted by atomic mass is 16.5. The van der Waals surface area contributed by atoms with Crippen molar-refractivity contribution in [3.63, 3.8) is 0 Å². The first-order valence-electron chi connectivity index (χ1n) is 6.34. The van der Waals surface area contributed by atoms with Crippen LogP contribution in [-0.4, -0.2) is 40.3 Å². The summed E-state index contributed by atoms with van der Waals surface area (Å²) in [4.78, 5) is 6.30. The lowest BCUT2D eigenvalue weighted by molar-refractivity contribution is 0.200. The molecule has 0 bridgehead atoms. The van der Waals surface area contributed by atoms with Gasteiger partial charge in [-0.2, -0.15) is 4.98 Å². The zero-order valence-corrected chi connectivity index (χ0v) is 11.3. The molecule has 0 saturated carbocycles. The van der Waals surface area contributed by atoms with Crippen molar-refractivity contribution in [2.24, 2.45) is 0 Å². The zero-order chi connectivity index (χ0) is 13.7. The number of aliphatic hydroxyl groups excluding tert-OH is 1. The number of rotatable bonds is 6. The molecule has 102 valence electrons. The molecule has 5 heteroatoms. The molecule has 0 fully saturated rings. The van der Waals surface area contributed by atoms with Crippen molar-refractivity contribution in [3.05, 3.63) is 47.1 Å². The van der Waals surface area contributed by atoms with Crippen molar-refractivity contribution in [1.29, 1.82) is 0 Å². The van der Waals surface area contributed by atoms with E-state index in [0.717, 1.165) is 0 Å². The zero-order valence-electron chi connectivity index (χ0n) is 11.3. The van der Waals surface area contributed by atoms with Crippen LogP contribution >= 0.6 is 0 Å². The summed E-state index contributed by atoms with van der Waals surface area (Å²) in [6.45, 7) is 3.35. The highest BCUT2D eigenvalue weighted by molar-refractivity contribution is 5.27. The van der Waals surface area contributed by atoms with Gasteiger partial charge in [0.05, 0.1) is 13.2 Å². The number of hydrogen-bond acceptors (Lipinski definition) is 5. The molecule has 0 radical (unpaired) electrons. The van der Waals surface area contributed by atoms with Crippen LogP contribution in [-0.2, 0) is 13.0 Å². The number of nitrogens with zero attached hydrogens (tertiary/aromatic N) is 3. The lowest BCUT2D eigenvalue weighted by Gasteiger charge is -2.10. The van der Waals surface area contributed by atoms with Gasteiger partial charge >= 0.3 is 0 Å². The summed E-state index contributed by atoms with van der Waals surface area (Å²) in [7, 11) is 1.90. The molecule has 0 aliphatic carbocycles. The molecule has 19 heavy (non-hydrogen) atoms. The Labute approximate surface area is 112 Å². The third-order valence-corrected chi connectivity index (χ3v) is 3.01. The maximum absolute atomic E-state index is 8.84. The monoisotopic (exact) mass is 261 g/mol. The van der Waals surface area contributed by atoms with E-state index in [2.05, 4.69) is 29.2 Å². The Morgan fingerprint density at radius 2 is 2.11 bits per heavy atom. The average Bonchev–Trinajstić information content (AvgIpc) is 2.80. The Balaban J connectivity index is 2.00. The van der Waals surface area contributed by atoms with Crippen molar-refractivity contribution in [2.45, 2.75) is 19.9 Å². The molecule has 0 saturated heterocycles. The highest BCUT2D eigenvalue weighted by Crippen LogP contribution is 2.12. The number of hydrogen-bond donors (Lipinski definition) is 1. The summed E-state index contributed by atoms with van der Waals surface area (Å²) in [5, 5.41) is 12.8. The summed E-state index contributed by atoms with van der Waals surface area (Å²) in [5.74, 6) is 1.28. The van der Waals surface area contributed by atoms with Crippen molar-refractivity contribution < 1.29 is 9.63 Å². The average molecular weight is 261 g/mol. The molecular weight excluding hydrogens is 242 g/mol.